The second-order valence-electron chi connectivity index (χ2n) is 10.4. The van der Waals surface area contributed by atoms with Crippen molar-refractivity contribution in [3.05, 3.63) is 71.3 Å². The molecule has 0 spiro atoms. The highest BCUT2D eigenvalue weighted by atomic mass is 31.2. The van der Waals surface area contributed by atoms with Crippen LogP contribution in [0.2, 0.25) is 0 Å². The van der Waals surface area contributed by atoms with Crippen molar-refractivity contribution in [3.8, 4) is 0 Å². The molecular formula is C30H41F3N3O5P. The summed E-state index contributed by atoms with van der Waals surface area (Å²) in [5.41, 5.74) is 1.16. The summed E-state index contributed by atoms with van der Waals surface area (Å²) in [4.78, 5) is 51.3. The second-order valence-corrected chi connectivity index (χ2v) is 12.9. The molecule has 0 aliphatic heterocycles. The minimum absolute atomic E-state index is 0.182. The van der Waals surface area contributed by atoms with E-state index in [1.54, 1.807) is 53.4 Å². The van der Waals surface area contributed by atoms with Gasteiger partial charge in [0, 0.05) is 55.4 Å². The van der Waals surface area contributed by atoms with Crippen LogP contribution in [0.15, 0.2) is 54.6 Å². The predicted molar refractivity (Wildman–Crippen MR) is 157 cm³/mol. The van der Waals surface area contributed by atoms with Gasteiger partial charge in [0.05, 0.1) is 6.04 Å². The molecule has 0 saturated heterocycles. The van der Waals surface area contributed by atoms with Crippen LogP contribution in [0.5, 0.6) is 0 Å². The van der Waals surface area contributed by atoms with E-state index in [2.05, 4.69) is 10.6 Å². The molecule has 2 unspecified atom stereocenters. The maximum absolute atomic E-state index is 13.3. The molecule has 2 aromatic rings. The van der Waals surface area contributed by atoms with E-state index in [4.69, 9.17) is 0 Å². The number of nitrogens with zero attached hydrogens (tertiary/aromatic N) is 1. The predicted octanol–water partition coefficient (Wildman–Crippen LogP) is 5.79. The van der Waals surface area contributed by atoms with E-state index in [-0.39, 0.29) is 30.6 Å². The number of amides is 3. The first-order valence-corrected chi connectivity index (χ1v) is 16.2. The zero-order valence-corrected chi connectivity index (χ0v) is 25.2. The number of benzene rings is 2. The van der Waals surface area contributed by atoms with Gasteiger partial charge < -0.3 is 20.4 Å². The molecule has 0 saturated carbocycles. The normalized spacial score (nSPS) is 14.4. The van der Waals surface area contributed by atoms with E-state index in [0.717, 1.165) is 12.8 Å². The van der Waals surface area contributed by atoms with Gasteiger partial charge in [-0.25, -0.2) is 0 Å². The van der Waals surface area contributed by atoms with Crippen LogP contribution in [-0.4, -0.2) is 65.6 Å². The third-order valence-electron chi connectivity index (χ3n) is 6.56. The molecule has 12 heteroatoms. The molecule has 0 heterocycles. The van der Waals surface area contributed by atoms with Gasteiger partial charge in [0.1, 0.15) is 0 Å². The van der Waals surface area contributed by atoms with E-state index in [9.17, 15) is 37.0 Å². The van der Waals surface area contributed by atoms with E-state index in [0.29, 0.717) is 24.2 Å². The molecule has 2 aromatic carbocycles. The first kappa shape index (κ1) is 35.0. The van der Waals surface area contributed by atoms with Gasteiger partial charge in [-0.2, -0.15) is 13.2 Å². The lowest BCUT2D eigenvalue weighted by Gasteiger charge is -2.24. The summed E-state index contributed by atoms with van der Waals surface area (Å²) in [5.74, 6) is -2.27. The van der Waals surface area contributed by atoms with Crippen LogP contribution in [0.1, 0.15) is 78.8 Å². The summed E-state index contributed by atoms with van der Waals surface area (Å²) < 4.78 is 50.3. The van der Waals surface area contributed by atoms with Gasteiger partial charge in [0.25, 0.3) is 11.8 Å². The molecule has 2 rings (SSSR count). The Bertz CT molecular complexity index is 1220. The quantitative estimate of drug-likeness (QED) is 0.164. The summed E-state index contributed by atoms with van der Waals surface area (Å²) in [7, 11) is -4.01. The molecule has 0 aliphatic rings. The zero-order chi connectivity index (χ0) is 31.3. The lowest BCUT2D eigenvalue weighted by atomic mass is 10.1. The average molecular weight is 612 g/mol. The lowest BCUT2D eigenvalue weighted by Crippen LogP contribution is -2.34. The molecule has 0 aromatic heterocycles. The molecule has 0 fully saturated rings. The Morgan fingerprint density at radius 3 is 2.17 bits per heavy atom. The van der Waals surface area contributed by atoms with Crippen molar-refractivity contribution in [2.45, 2.75) is 58.7 Å². The van der Waals surface area contributed by atoms with Crippen molar-refractivity contribution in [3.63, 3.8) is 0 Å². The average Bonchev–Trinajstić information content (AvgIpc) is 2.94. The molecule has 3 N–H and O–H groups in total. The standard InChI is InChI=1S/C30H41F3N3O5P/c1-4-17-36(18-5-2)29(39)25-14-9-13-24(19-25)28(38)35-26(23-11-7-6-8-12-23)21-42(40,41)20-22(3)27(37)34-16-10-15-30(31,32)33/h6-9,11-14,19,22,26H,4-5,10,15-18,20-21H2,1-3H3,(H,34,37)(H,35,38)(H,40,41)/t22?,26-/m1/s1. The molecule has 0 aliphatic carbocycles. The van der Waals surface area contributed by atoms with Crippen LogP contribution in [0.3, 0.4) is 0 Å². The minimum atomic E-state index is -4.32. The van der Waals surface area contributed by atoms with Crippen LogP contribution in [-0.2, 0) is 9.36 Å². The van der Waals surface area contributed by atoms with Gasteiger partial charge >= 0.3 is 6.18 Å². The van der Waals surface area contributed by atoms with Crippen LogP contribution in [0.25, 0.3) is 0 Å². The lowest BCUT2D eigenvalue weighted by molar-refractivity contribution is -0.136. The highest BCUT2D eigenvalue weighted by Gasteiger charge is 2.31. The summed E-state index contributed by atoms with van der Waals surface area (Å²) in [6.07, 6.45) is -4.84. The first-order valence-electron chi connectivity index (χ1n) is 14.2. The molecule has 232 valence electrons. The van der Waals surface area contributed by atoms with Gasteiger partial charge in [0.15, 0.2) is 0 Å². The van der Waals surface area contributed by atoms with Gasteiger partial charge in [-0.05, 0) is 43.0 Å². The van der Waals surface area contributed by atoms with Crippen LogP contribution >= 0.6 is 7.37 Å². The summed E-state index contributed by atoms with van der Waals surface area (Å²) in [6.45, 7) is 6.38. The molecule has 42 heavy (non-hydrogen) atoms. The fraction of sp³-hybridized carbons (Fsp3) is 0.500. The SMILES string of the molecule is CCCN(CCC)C(=O)c1cccc(C(=O)N[C@H](CP(=O)(O)CC(C)C(=O)NCCCC(F)(F)F)c2ccccc2)c1. The molecular weight excluding hydrogens is 570 g/mol. The number of hydrogen-bond donors (Lipinski definition) is 3. The highest BCUT2D eigenvalue weighted by Crippen LogP contribution is 2.46. The maximum atomic E-state index is 13.3. The smallest absolute Gasteiger partial charge is 0.356 e. The molecule has 0 bridgehead atoms. The van der Waals surface area contributed by atoms with Crippen LogP contribution in [0.4, 0.5) is 13.2 Å². The Kier molecular flexibility index (Phi) is 13.7. The first-order chi connectivity index (χ1) is 19.8. The zero-order valence-electron chi connectivity index (χ0n) is 24.3. The van der Waals surface area contributed by atoms with Crippen LogP contribution in [0, 0.1) is 5.92 Å². The number of alkyl halides is 3. The number of rotatable bonds is 16. The van der Waals surface area contributed by atoms with Gasteiger partial charge in [-0.15, -0.1) is 0 Å². The van der Waals surface area contributed by atoms with E-state index >= 15 is 0 Å². The Labute approximate surface area is 245 Å². The highest BCUT2D eigenvalue weighted by molar-refractivity contribution is 7.58. The fourth-order valence-corrected chi connectivity index (χ4v) is 6.58. The minimum Gasteiger partial charge on any atom is -0.356 e. The molecule has 3 amide bonds. The van der Waals surface area contributed by atoms with Gasteiger partial charge in [0.2, 0.25) is 13.3 Å². The summed E-state index contributed by atoms with van der Waals surface area (Å²) in [6, 6.07) is 14.1. The Morgan fingerprint density at radius 2 is 1.57 bits per heavy atom. The molecule has 8 nitrogen and oxygen atoms in total. The van der Waals surface area contributed by atoms with Crippen molar-refractivity contribution in [2.24, 2.45) is 5.92 Å². The summed E-state index contributed by atoms with van der Waals surface area (Å²) in [5, 5.41) is 5.19. The van der Waals surface area contributed by atoms with E-state index in [1.165, 1.54) is 13.0 Å². The fourth-order valence-electron chi connectivity index (χ4n) is 4.54. The van der Waals surface area contributed by atoms with E-state index in [1.807, 2.05) is 13.8 Å². The number of halogens is 3. The number of carbonyl (C=O) groups excluding carboxylic acids is 3. The van der Waals surface area contributed by atoms with Crippen molar-refractivity contribution in [1.82, 2.24) is 15.5 Å². The third-order valence-corrected chi connectivity index (χ3v) is 8.62. The third kappa shape index (κ3) is 12.0. The Morgan fingerprint density at radius 1 is 0.952 bits per heavy atom. The largest absolute Gasteiger partial charge is 0.389 e. The van der Waals surface area contributed by atoms with Crippen LogP contribution < -0.4 is 10.6 Å². The second kappa shape index (κ2) is 16.5. The van der Waals surface area contributed by atoms with Crippen molar-refractivity contribution >= 4 is 25.1 Å². The number of carbonyl (C=O) groups is 3. The summed E-state index contributed by atoms with van der Waals surface area (Å²) >= 11 is 0. The topological polar surface area (TPSA) is 116 Å². The molecule has 3 atom stereocenters. The van der Waals surface area contributed by atoms with Gasteiger partial charge in [-0.1, -0.05) is 57.2 Å². The number of hydrogen-bond acceptors (Lipinski definition) is 4. The number of nitrogens with one attached hydrogen (secondary N) is 2. The Hall–Kier alpha value is -3.17. The maximum Gasteiger partial charge on any atom is 0.389 e. The van der Waals surface area contributed by atoms with Crippen molar-refractivity contribution in [2.75, 3.05) is 32.0 Å². The molecule has 0 radical (unpaired) electrons. The van der Waals surface area contributed by atoms with Crippen molar-refractivity contribution in [1.29, 1.82) is 0 Å². The van der Waals surface area contributed by atoms with Gasteiger partial charge in [-0.3, -0.25) is 18.9 Å². The monoisotopic (exact) mass is 611 g/mol. The van der Waals surface area contributed by atoms with Crippen molar-refractivity contribution < 1.29 is 37.0 Å². The Balaban J connectivity index is 2.15. The van der Waals surface area contributed by atoms with E-state index < -0.39 is 49.9 Å².